The van der Waals surface area contributed by atoms with Gasteiger partial charge in [-0.25, -0.2) is 8.78 Å². The van der Waals surface area contributed by atoms with E-state index >= 15 is 0 Å². The number of halogens is 7. The summed E-state index contributed by atoms with van der Waals surface area (Å²) in [7, 11) is 0.120. The first kappa shape index (κ1) is 30.3. The predicted octanol–water partition coefficient (Wildman–Crippen LogP) is 6.72. The summed E-state index contributed by atoms with van der Waals surface area (Å²) < 4.78 is 76.6. The standard InChI is InChI=1S/C10H20.C3HF7.C3H9P.Rh/c1-6-7(2)9(4)10(5)8(6)3;4-1(5)2(6,7)3(8,9)10;1-4(2)3;/h6-10H,1-5H3;1H;1-3H3;/q;;;+3/p+1. The van der Waals surface area contributed by atoms with Gasteiger partial charge in [-0.3, -0.25) is 0 Å². The molecule has 0 aromatic rings. The number of alkyl halides is 7. The van der Waals surface area contributed by atoms with E-state index in [2.05, 4.69) is 54.6 Å². The Bertz CT molecular complexity index is 300. The molecular weight excluding hydrogens is 459 g/mol. The summed E-state index contributed by atoms with van der Waals surface area (Å²) in [5.74, 6) is -1.22. The van der Waals surface area contributed by atoms with Crippen molar-refractivity contribution < 1.29 is 50.2 Å². The van der Waals surface area contributed by atoms with Crippen LogP contribution in [-0.2, 0) is 19.5 Å². The molecule has 25 heavy (non-hydrogen) atoms. The zero-order valence-electron chi connectivity index (χ0n) is 15.9. The van der Waals surface area contributed by atoms with E-state index in [0.717, 1.165) is 29.6 Å². The molecule has 1 fully saturated rings. The fraction of sp³-hybridized carbons (Fsp3) is 1.00. The van der Waals surface area contributed by atoms with Gasteiger partial charge in [0.2, 0.25) is 0 Å². The Kier molecular flexibility index (Phi) is 14.7. The second-order valence-corrected chi connectivity index (χ2v) is 10.2. The molecule has 0 aromatic carbocycles. The van der Waals surface area contributed by atoms with Crippen molar-refractivity contribution in [2.45, 2.75) is 53.1 Å². The smallest absolute Gasteiger partial charge is 0.203 e. The van der Waals surface area contributed by atoms with Crippen LogP contribution >= 0.6 is 7.92 Å². The van der Waals surface area contributed by atoms with Crippen LogP contribution in [0.15, 0.2) is 0 Å². The van der Waals surface area contributed by atoms with Gasteiger partial charge >= 0.3 is 38.0 Å². The molecule has 0 aliphatic heterocycles. The SMILES string of the molecule is CC1C(C)C(C)C(C)C1C.C[PH+](C)C.FC(F)C(F)(F)C(F)(F)F.[Rh+3]. The third-order valence-corrected chi connectivity index (χ3v) is 4.80. The van der Waals surface area contributed by atoms with E-state index in [-0.39, 0.29) is 27.4 Å². The molecule has 1 aliphatic rings. The third kappa shape index (κ3) is 9.89. The Morgan fingerprint density at radius 2 is 0.800 bits per heavy atom. The zero-order chi connectivity index (χ0) is 20.0. The summed E-state index contributed by atoms with van der Waals surface area (Å²) >= 11 is 0. The van der Waals surface area contributed by atoms with Gasteiger partial charge in [0, 0.05) is 20.0 Å². The number of hydrogen-bond donors (Lipinski definition) is 0. The molecule has 0 unspecified atom stereocenters. The van der Waals surface area contributed by atoms with Crippen LogP contribution in [0.25, 0.3) is 0 Å². The van der Waals surface area contributed by atoms with Gasteiger partial charge in [0.25, 0.3) is 0 Å². The normalized spacial score (nSPS) is 29.4. The Hall–Kier alpha value is 0.563. The van der Waals surface area contributed by atoms with Crippen molar-refractivity contribution in [3.8, 4) is 0 Å². The number of hydrogen-bond acceptors (Lipinski definition) is 0. The van der Waals surface area contributed by atoms with E-state index in [4.69, 9.17) is 0 Å². The van der Waals surface area contributed by atoms with Crippen LogP contribution in [0.4, 0.5) is 30.7 Å². The maximum Gasteiger partial charge on any atom is 3.00 e. The molecule has 0 bridgehead atoms. The molecule has 0 saturated heterocycles. The van der Waals surface area contributed by atoms with Gasteiger partial charge in [-0.2, -0.15) is 22.0 Å². The molecule has 0 spiro atoms. The molecule has 1 aliphatic carbocycles. The molecular formula is C16H31F7PRh+4. The van der Waals surface area contributed by atoms with Crippen molar-refractivity contribution in [3.05, 3.63) is 0 Å². The van der Waals surface area contributed by atoms with E-state index in [9.17, 15) is 30.7 Å². The summed E-state index contributed by atoms with van der Waals surface area (Å²) in [5, 5.41) is 0. The zero-order valence-corrected chi connectivity index (χ0v) is 18.6. The second-order valence-electron chi connectivity index (χ2n) is 7.22. The van der Waals surface area contributed by atoms with Gasteiger partial charge in [0.1, 0.15) is 0 Å². The van der Waals surface area contributed by atoms with Crippen LogP contribution in [0.1, 0.15) is 34.6 Å². The maximum absolute atomic E-state index is 11.2. The van der Waals surface area contributed by atoms with Gasteiger partial charge in [-0.15, -0.1) is 0 Å². The Morgan fingerprint density at radius 1 is 0.640 bits per heavy atom. The van der Waals surface area contributed by atoms with Gasteiger partial charge in [-0.05, 0) is 37.5 Å². The van der Waals surface area contributed by atoms with E-state index in [1.807, 2.05) is 0 Å². The molecule has 0 nitrogen and oxygen atoms in total. The van der Waals surface area contributed by atoms with Crippen LogP contribution in [0.2, 0.25) is 0 Å². The summed E-state index contributed by atoms with van der Waals surface area (Å²) in [5.41, 5.74) is 0. The molecule has 0 radical (unpaired) electrons. The molecule has 9 heteroatoms. The first-order valence-corrected chi connectivity index (χ1v) is 11.0. The molecule has 0 N–H and O–H groups in total. The van der Waals surface area contributed by atoms with Crippen molar-refractivity contribution in [1.29, 1.82) is 0 Å². The minimum Gasteiger partial charge on any atom is -0.203 e. The third-order valence-electron chi connectivity index (χ3n) is 4.80. The van der Waals surface area contributed by atoms with Crippen molar-refractivity contribution in [3.63, 3.8) is 0 Å². The molecule has 0 aromatic heterocycles. The Balaban J connectivity index is -0.000000310. The molecule has 0 amide bonds. The monoisotopic (exact) mass is 490 g/mol. The second kappa shape index (κ2) is 12.1. The van der Waals surface area contributed by atoms with Gasteiger partial charge in [0.05, 0.1) is 0 Å². The average molecular weight is 490 g/mol. The predicted molar refractivity (Wildman–Crippen MR) is 88.9 cm³/mol. The van der Waals surface area contributed by atoms with E-state index in [1.165, 1.54) is 0 Å². The molecule has 154 valence electrons. The van der Waals surface area contributed by atoms with Crippen molar-refractivity contribution in [2.24, 2.45) is 29.6 Å². The minimum absolute atomic E-state index is 0. The van der Waals surface area contributed by atoms with E-state index in [1.54, 1.807) is 0 Å². The Labute approximate surface area is 161 Å². The quantitative estimate of drug-likeness (QED) is 0.218. The van der Waals surface area contributed by atoms with Crippen LogP contribution in [-0.4, -0.2) is 38.5 Å². The number of rotatable bonds is 1. The van der Waals surface area contributed by atoms with Crippen molar-refractivity contribution in [1.82, 2.24) is 0 Å². The fourth-order valence-corrected chi connectivity index (χ4v) is 2.52. The van der Waals surface area contributed by atoms with Crippen molar-refractivity contribution >= 4 is 7.92 Å². The van der Waals surface area contributed by atoms with E-state index < -0.39 is 18.5 Å². The molecule has 0 heterocycles. The minimum atomic E-state index is -6.17. The molecule has 1 saturated carbocycles. The summed E-state index contributed by atoms with van der Waals surface area (Å²) in [4.78, 5) is 0. The fourth-order valence-electron chi connectivity index (χ4n) is 2.52. The summed E-state index contributed by atoms with van der Waals surface area (Å²) in [6.07, 6.45) is -10.9. The first-order chi connectivity index (χ1) is 10.5. The maximum atomic E-state index is 11.2. The van der Waals surface area contributed by atoms with E-state index in [0.29, 0.717) is 0 Å². The van der Waals surface area contributed by atoms with Crippen molar-refractivity contribution in [2.75, 3.05) is 20.0 Å². The topological polar surface area (TPSA) is 0 Å². The van der Waals surface area contributed by atoms with Crippen LogP contribution in [0.3, 0.4) is 0 Å². The largest absolute Gasteiger partial charge is 3.00 e. The van der Waals surface area contributed by atoms with Gasteiger partial charge in [-0.1, -0.05) is 34.6 Å². The summed E-state index contributed by atoms with van der Waals surface area (Å²) in [6, 6.07) is 0. The van der Waals surface area contributed by atoms with Crippen LogP contribution in [0.5, 0.6) is 0 Å². The van der Waals surface area contributed by atoms with Crippen LogP contribution in [0, 0.1) is 29.6 Å². The molecule has 0 atom stereocenters. The Morgan fingerprint density at radius 3 is 0.840 bits per heavy atom. The first-order valence-electron chi connectivity index (χ1n) is 7.97. The molecule has 1 rings (SSSR count). The average Bonchev–Trinajstić information content (AvgIpc) is 2.56. The van der Waals surface area contributed by atoms with Crippen LogP contribution < -0.4 is 0 Å². The summed E-state index contributed by atoms with van der Waals surface area (Å²) in [6.45, 7) is 18.8. The van der Waals surface area contributed by atoms with Gasteiger partial charge < -0.3 is 0 Å². The van der Waals surface area contributed by atoms with Gasteiger partial charge in [0.15, 0.2) is 0 Å².